The van der Waals surface area contributed by atoms with Gasteiger partial charge in [0.25, 0.3) is 0 Å². The van der Waals surface area contributed by atoms with Crippen LogP contribution in [-0.2, 0) is 42.9 Å². The summed E-state index contributed by atoms with van der Waals surface area (Å²) < 4.78 is 28.7. The Bertz CT molecular complexity index is 1720. The Hall–Kier alpha value is -4.76. The average molecular weight is 709 g/mol. The Labute approximate surface area is 293 Å². The highest BCUT2D eigenvalue weighted by Crippen LogP contribution is 2.52. The van der Waals surface area contributed by atoms with Crippen LogP contribution in [0.25, 0.3) is 0 Å². The maximum Gasteiger partial charge on any atom is 0.338 e. The summed E-state index contributed by atoms with van der Waals surface area (Å²) in [6.45, 7) is 10.2. The molecule has 11 atom stereocenters. The SMILES string of the molecule is C=C1C(OC(=O)c2ccccc2)C(O)C(=O)C(C)(C)C2OC2C(C)C(=O)C2(OC(C)=O)C(O)C(O)C(OC(C)=O)C2C1OC(=O)c1ccccc1. The zero-order valence-corrected chi connectivity index (χ0v) is 28.6. The van der Waals surface area contributed by atoms with Crippen LogP contribution in [0.2, 0.25) is 0 Å². The summed E-state index contributed by atoms with van der Waals surface area (Å²) in [5.74, 6) is -9.40. The third kappa shape index (κ3) is 6.71. The number of ether oxygens (including phenoxy) is 5. The van der Waals surface area contributed by atoms with Gasteiger partial charge in [0, 0.05) is 25.3 Å². The summed E-state index contributed by atoms with van der Waals surface area (Å²) in [7, 11) is 0. The molecule has 1 saturated heterocycles. The lowest BCUT2D eigenvalue weighted by Crippen LogP contribution is -2.62. The van der Waals surface area contributed by atoms with E-state index in [0.717, 1.165) is 13.8 Å². The van der Waals surface area contributed by atoms with Crippen molar-refractivity contribution in [2.45, 2.75) is 89.1 Å². The highest BCUT2D eigenvalue weighted by Gasteiger charge is 2.73. The number of rotatable bonds is 6. The molecule has 11 unspecified atom stereocenters. The van der Waals surface area contributed by atoms with Gasteiger partial charge in [0.1, 0.15) is 24.4 Å². The first-order valence-corrected chi connectivity index (χ1v) is 16.3. The van der Waals surface area contributed by atoms with E-state index in [1.807, 2.05) is 0 Å². The summed E-state index contributed by atoms with van der Waals surface area (Å²) in [6, 6.07) is 14.9. The summed E-state index contributed by atoms with van der Waals surface area (Å²) in [5.41, 5.74) is -4.93. The smallest absolute Gasteiger partial charge is 0.338 e. The van der Waals surface area contributed by atoms with E-state index in [1.54, 1.807) is 12.1 Å². The van der Waals surface area contributed by atoms with Crippen LogP contribution in [0.1, 0.15) is 55.3 Å². The van der Waals surface area contributed by atoms with Crippen LogP contribution in [0.4, 0.5) is 0 Å². The Kier molecular flexibility index (Phi) is 10.4. The molecular weight excluding hydrogens is 668 g/mol. The lowest BCUT2D eigenvalue weighted by atomic mass is 9.70. The van der Waals surface area contributed by atoms with Gasteiger partial charge in [-0.15, -0.1) is 0 Å². The second kappa shape index (κ2) is 14.1. The second-order valence-electron chi connectivity index (χ2n) is 13.6. The second-order valence-corrected chi connectivity index (χ2v) is 13.6. The van der Waals surface area contributed by atoms with Gasteiger partial charge in [-0.1, -0.05) is 63.7 Å². The molecule has 0 radical (unpaired) electrons. The number of aliphatic hydroxyl groups excluding tert-OH is 3. The number of fused-ring (bicyclic) bond motifs is 2. The van der Waals surface area contributed by atoms with Gasteiger partial charge in [0.2, 0.25) is 5.60 Å². The lowest BCUT2D eigenvalue weighted by Gasteiger charge is -2.43. The molecule has 14 heteroatoms. The number of ketones is 2. The Morgan fingerprint density at radius 2 is 1.27 bits per heavy atom. The van der Waals surface area contributed by atoms with Crippen molar-refractivity contribution >= 4 is 35.4 Å². The van der Waals surface area contributed by atoms with Gasteiger partial charge in [-0.3, -0.25) is 19.2 Å². The van der Waals surface area contributed by atoms with E-state index >= 15 is 0 Å². The number of aliphatic hydroxyl groups is 3. The summed E-state index contributed by atoms with van der Waals surface area (Å²) in [4.78, 5) is 81.6. The van der Waals surface area contributed by atoms with E-state index in [-0.39, 0.29) is 11.1 Å². The molecule has 14 nitrogen and oxygen atoms in total. The standard InChI is InChI=1S/C37H40O14/c1-17-26(49-34(45)21-13-9-7-10-14-21)23-29(47-19(3)38)25(41)32(44)37(23,51-20(4)39)30(42)18(2)28-33(48-28)36(5,6)31(43)24(40)27(17)50-35(46)22-15-11-8-12-16-22/h7-16,18,23-29,32-33,40-41,44H,1H2,2-6H3. The molecule has 2 aromatic rings. The number of esters is 4. The topological polar surface area (TPSA) is 213 Å². The maximum atomic E-state index is 14.8. The van der Waals surface area contributed by atoms with Crippen molar-refractivity contribution in [3.8, 4) is 0 Å². The third-order valence-electron chi connectivity index (χ3n) is 9.83. The van der Waals surface area contributed by atoms with E-state index in [9.17, 15) is 44.1 Å². The number of epoxide rings is 1. The molecule has 2 saturated carbocycles. The van der Waals surface area contributed by atoms with Crippen LogP contribution in [0.15, 0.2) is 72.8 Å². The van der Waals surface area contributed by atoms with Crippen molar-refractivity contribution in [3.05, 3.63) is 83.9 Å². The van der Waals surface area contributed by atoms with E-state index < -0.39 is 113 Å². The van der Waals surface area contributed by atoms with Gasteiger partial charge in [-0.25, -0.2) is 9.59 Å². The monoisotopic (exact) mass is 708 g/mol. The van der Waals surface area contributed by atoms with Crippen molar-refractivity contribution < 1.29 is 67.8 Å². The highest BCUT2D eigenvalue weighted by molar-refractivity contribution is 5.96. The molecule has 272 valence electrons. The number of carbonyl (C=O) groups is 6. The zero-order chi connectivity index (χ0) is 37.6. The molecule has 1 aliphatic heterocycles. The van der Waals surface area contributed by atoms with Gasteiger partial charge in [-0.05, 0) is 24.3 Å². The van der Waals surface area contributed by atoms with Crippen molar-refractivity contribution in [2.75, 3.05) is 0 Å². The Morgan fingerprint density at radius 1 is 0.765 bits per heavy atom. The summed E-state index contributed by atoms with van der Waals surface area (Å²) in [5, 5.41) is 35.0. The Balaban J connectivity index is 1.79. The summed E-state index contributed by atoms with van der Waals surface area (Å²) in [6.07, 6.45) is -14.7. The van der Waals surface area contributed by atoms with Crippen molar-refractivity contribution in [2.24, 2.45) is 17.3 Å². The molecule has 3 fully saturated rings. The van der Waals surface area contributed by atoms with Crippen molar-refractivity contribution in [3.63, 3.8) is 0 Å². The molecule has 3 aliphatic rings. The van der Waals surface area contributed by atoms with Crippen molar-refractivity contribution in [1.82, 2.24) is 0 Å². The molecule has 2 aromatic carbocycles. The van der Waals surface area contributed by atoms with Gasteiger partial charge in [0.15, 0.2) is 23.8 Å². The molecule has 1 heterocycles. The van der Waals surface area contributed by atoms with E-state index in [4.69, 9.17) is 23.7 Å². The molecular formula is C37H40O14. The van der Waals surface area contributed by atoms with Crippen LogP contribution in [0, 0.1) is 17.3 Å². The van der Waals surface area contributed by atoms with Crippen LogP contribution in [-0.4, -0.2) is 105 Å². The Morgan fingerprint density at radius 3 is 1.76 bits per heavy atom. The molecule has 3 N–H and O–H groups in total. The van der Waals surface area contributed by atoms with Crippen molar-refractivity contribution in [1.29, 1.82) is 0 Å². The first-order valence-electron chi connectivity index (χ1n) is 16.3. The predicted octanol–water partition coefficient (Wildman–Crippen LogP) is 1.52. The molecule has 0 amide bonds. The van der Waals surface area contributed by atoms with Gasteiger partial charge in [-0.2, -0.15) is 0 Å². The van der Waals surface area contributed by atoms with Gasteiger partial charge >= 0.3 is 23.9 Å². The zero-order valence-electron chi connectivity index (χ0n) is 28.6. The third-order valence-corrected chi connectivity index (χ3v) is 9.83. The van der Waals surface area contributed by atoms with Crippen LogP contribution in [0.5, 0.6) is 0 Å². The lowest BCUT2D eigenvalue weighted by molar-refractivity contribution is -0.193. The van der Waals surface area contributed by atoms with E-state index in [0.29, 0.717) is 0 Å². The summed E-state index contributed by atoms with van der Waals surface area (Å²) >= 11 is 0. The minimum atomic E-state index is -2.82. The fraction of sp³-hybridized carbons (Fsp3) is 0.459. The molecule has 0 aromatic heterocycles. The van der Waals surface area contributed by atoms with E-state index in [1.165, 1.54) is 69.3 Å². The number of hydrogen-bond donors (Lipinski definition) is 3. The number of carbonyl (C=O) groups excluding carboxylic acids is 6. The quantitative estimate of drug-likeness (QED) is 0.168. The molecule has 2 aliphatic carbocycles. The molecule has 5 rings (SSSR count). The minimum Gasteiger partial charge on any atom is -0.459 e. The first kappa shape index (κ1) is 37.5. The molecule has 0 spiro atoms. The fourth-order valence-corrected chi connectivity index (χ4v) is 7.19. The minimum absolute atomic E-state index is 0.00140. The number of hydrogen-bond acceptors (Lipinski definition) is 14. The maximum absolute atomic E-state index is 14.8. The fourth-order valence-electron chi connectivity index (χ4n) is 7.19. The average Bonchev–Trinajstić information content (AvgIpc) is 3.89. The van der Waals surface area contributed by atoms with Crippen LogP contribution in [0.3, 0.4) is 0 Å². The largest absolute Gasteiger partial charge is 0.459 e. The van der Waals surface area contributed by atoms with Gasteiger partial charge < -0.3 is 39.0 Å². The van der Waals surface area contributed by atoms with Gasteiger partial charge in [0.05, 0.1) is 34.7 Å². The highest BCUT2D eigenvalue weighted by atomic mass is 16.6. The predicted molar refractivity (Wildman–Crippen MR) is 174 cm³/mol. The van der Waals surface area contributed by atoms with E-state index in [2.05, 4.69) is 6.58 Å². The molecule has 51 heavy (non-hydrogen) atoms. The van der Waals surface area contributed by atoms with Crippen LogP contribution >= 0.6 is 0 Å². The normalized spacial score (nSPS) is 34.5. The van der Waals surface area contributed by atoms with Crippen LogP contribution < -0.4 is 0 Å². The molecule has 0 bridgehead atoms. The first-order chi connectivity index (χ1) is 23.9. The number of Topliss-reactive ketones (excluding diaryl/α,β-unsaturated/α-hetero) is 2. The number of benzene rings is 2.